The lowest BCUT2D eigenvalue weighted by Gasteiger charge is -2.02. The van der Waals surface area contributed by atoms with Crippen molar-refractivity contribution in [3.63, 3.8) is 0 Å². The highest BCUT2D eigenvalue weighted by molar-refractivity contribution is 5.88. The van der Waals surface area contributed by atoms with Gasteiger partial charge in [-0.05, 0) is 47.7 Å². The molecule has 1 aliphatic carbocycles. The van der Waals surface area contributed by atoms with Gasteiger partial charge in [-0.3, -0.25) is 9.78 Å². The van der Waals surface area contributed by atoms with Gasteiger partial charge >= 0.3 is 0 Å². The van der Waals surface area contributed by atoms with E-state index in [1.807, 2.05) is 48.5 Å². The van der Waals surface area contributed by atoms with Gasteiger partial charge in [0.05, 0.1) is 5.56 Å². The fraction of sp³-hybridized carbons (Fsp3) is 0.174. The van der Waals surface area contributed by atoms with E-state index in [4.69, 9.17) is 4.42 Å². The van der Waals surface area contributed by atoms with Crippen molar-refractivity contribution in [1.29, 1.82) is 0 Å². The van der Waals surface area contributed by atoms with Crippen molar-refractivity contribution in [1.82, 2.24) is 9.97 Å². The molecular weight excluding hydrogens is 336 g/mol. The van der Waals surface area contributed by atoms with E-state index in [2.05, 4.69) is 22.1 Å². The van der Waals surface area contributed by atoms with Gasteiger partial charge in [0.2, 0.25) is 5.89 Å². The van der Waals surface area contributed by atoms with Gasteiger partial charge in [-0.15, -0.1) is 0 Å². The zero-order valence-corrected chi connectivity index (χ0v) is 14.7. The van der Waals surface area contributed by atoms with Crippen molar-refractivity contribution in [2.45, 2.75) is 18.8 Å². The second kappa shape index (κ2) is 6.47. The van der Waals surface area contributed by atoms with Crippen LogP contribution in [0.2, 0.25) is 0 Å². The number of nitrogens with zero attached hydrogens (tertiary/aromatic N) is 2. The molecule has 4 heteroatoms. The molecule has 2 aromatic heterocycles. The SMILES string of the molecule is O=C(Cc1ccc2oc(-c3cccnc3)nc2c1)[C@H]1C[C@H]1c1ccccc1. The van der Waals surface area contributed by atoms with Crippen molar-refractivity contribution in [3.8, 4) is 11.5 Å². The van der Waals surface area contributed by atoms with E-state index >= 15 is 0 Å². The first kappa shape index (κ1) is 15.9. The third-order valence-corrected chi connectivity index (χ3v) is 5.17. The molecule has 0 spiro atoms. The van der Waals surface area contributed by atoms with Crippen LogP contribution in [0.1, 0.15) is 23.5 Å². The smallest absolute Gasteiger partial charge is 0.228 e. The van der Waals surface area contributed by atoms with Crippen LogP contribution in [0.4, 0.5) is 0 Å². The summed E-state index contributed by atoms with van der Waals surface area (Å²) in [4.78, 5) is 21.3. The molecule has 2 aromatic carbocycles. The maximum absolute atomic E-state index is 12.7. The van der Waals surface area contributed by atoms with E-state index in [0.717, 1.165) is 28.6 Å². The minimum Gasteiger partial charge on any atom is -0.436 e. The Hall–Kier alpha value is -3.27. The third kappa shape index (κ3) is 3.14. The minimum absolute atomic E-state index is 0.145. The fourth-order valence-corrected chi connectivity index (χ4v) is 3.65. The summed E-state index contributed by atoms with van der Waals surface area (Å²) >= 11 is 0. The van der Waals surface area contributed by atoms with Gasteiger partial charge in [-0.1, -0.05) is 36.4 Å². The maximum atomic E-state index is 12.7. The van der Waals surface area contributed by atoms with E-state index < -0.39 is 0 Å². The Morgan fingerprint density at radius 1 is 1.07 bits per heavy atom. The largest absolute Gasteiger partial charge is 0.436 e. The first-order chi connectivity index (χ1) is 13.3. The van der Waals surface area contributed by atoms with Crippen LogP contribution < -0.4 is 0 Å². The van der Waals surface area contributed by atoms with Crippen molar-refractivity contribution in [2.24, 2.45) is 5.92 Å². The number of rotatable bonds is 5. The van der Waals surface area contributed by atoms with Gasteiger partial charge in [0.15, 0.2) is 5.58 Å². The Bertz CT molecular complexity index is 1100. The lowest BCUT2D eigenvalue weighted by atomic mass is 10.0. The summed E-state index contributed by atoms with van der Waals surface area (Å²) in [5.41, 5.74) is 4.59. The number of fused-ring (bicyclic) bond motifs is 1. The Morgan fingerprint density at radius 3 is 2.78 bits per heavy atom. The zero-order chi connectivity index (χ0) is 18.2. The number of aromatic nitrogens is 2. The molecule has 0 bridgehead atoms. The maximum Gasteiger partial charge on any atom is 0.228 e. The number of carbonyl (C=O) groups excluding carboxylic acids is 1. The summed E-state index contributed by atoms with van der Waals surface area (Å²) in [5, 5.41) is 0. The molecule has 5 rings (SSSR count). The van der Waals surface area contributed by atoms with Gasteiger partial charge in [0, 0.05) is 24.7 Å². The number of hydrogen-bond donors (Lipinski definition) is 0. The number of ketones is 1. The highest BCUT2D eigenvalue weighted by Crippen LogP contribution is 2.48. The summed E-state index contributed by atoms with van der Waals surface area (Å²) in [6.45, 7) is 0. The first-order valence-electron chi connectivity index (χ1n) is 9.15. The quantitative estimate of drug-likeness (QED) is 0.516. The van der Waals surface area contributed by atoms with Crippen molar-refractivity contribution >= 4 is 16.9 Å². The number of carbonyl (C=O) groups is 1. The fourth-order valence-electron chi connectivity index (χ4n) is 3.65. The van der Waals surface area contributed by atoms with Crippen LogP contribution in [-0.4, -0.2) is 15.8 Å². The molecule has 0 unspecified atom stereocenters. The van der Waals surface area contributed by atoms with E-state index in [1.54, 1.807) is 12.4 Å². The van der Waals surface area contributed by atoms with Crippen LogP contribution in [0.5, 0.6) is 0 Å². The van der Waals surface area contributed by atoms with Gasteiger partial charge < -0.3 is 4.42 Å². The Balaban J connectivity index is 1.33. The zero-order valence-electron chi connectivity index (χ0n) is 14.7. The lowest BCUT2D eigenvalue weighted by Crippen LogP contribution is -2.06. The van der Waals surface area contributed by atoms with Crippen LogP contribution in [0.15, 0.2) is 77.5 Å². The summed E-state index contributed by atoms with van der Waals surface area (Å²) in [7, 11) is 0. The molecular formula is C23H18N2O2. The molecule has 0 amide bonds. The van der Waals surface area contributed by atoms with Crippen molar-refractivity contribution < 1.29 is 9.21 Å². The molecule has 4 aromatic rings. The van der Waals surface area contributed by atoms with Crippen LogP contribution in [-0.2, 0) is 11.2 Å². The average molecular weight is 354 g/mol. The summed E-state index contributed by atoms with van der Waals surface area (Å²) in [5.74, 6) is 1.38. The highest BCUT2D eigenvalue weighted by Gasteiger charge is 2.43. The monoisotopic (exact) mass is 354 g/mol. The van der Waals surface area contributed by atoms with Gasteiger partial charge in [0.1, 0.15) is 11.3 Å². The molecule has 0 saturated heterocycles. The summed E-state index contributed by atoms with van der Waals surface area (Å²) < 4.78 is 5.81. The number of benzene rings is 2. The third-order valence-electron chi connectivity index (χ3n) is 5.17. The summed E-state index contributed by atoms with van der Waals surface area (Å²) in [6, 6.07) is 19.9. The Morgan fingerprint density at radius 2 is 1.96 bits per heavy atom. The van der Waals surface area contributed by atoms with Crippen LogP contribution >= 0.6 is 0 Å². The number of pyridine rings is 1. The minimum atomic E-state index is 0.145. The molecule has 1 fully saturated rings. The number of oxazole rings is 1. The predicted octanol–water partition coefficient (Wildman–Crippen LogP) is 4.81. The molecule has 0 aliphatic heterocycles. The highest BCUT2D eigenvalue weighted by atomic mass is 16.3. The van der Waals surface area contributed by atoms with Gasteiger partial charge in [0.25, 0.3) is 0 Å². The first-order valence-corrected chi connectivity index (χ1v) is 9.15. The Kier molecular flexibility index (Phi) is 3.82. The van der Waals surface area contributed by atoms with Gasteiger partial charge in [-0.2, -0.15) is 0 Å². The molecule has 132 valence electrons. The van der Waals surface area contributed by atoms with E-state index in [9.17, 15) is 4.79 Å². The molecule has 2 atom stereocenters. The topological polar surface area (TPSA) is 56.0 Å². The Labute approximate surface area is 156 Å². The second-order valence-corrected chi connectivity index (χ2v) is 7.07. The molecule has 0 N–H and O–H groups in total. The lowest BCUT2D eigenvalue weighted by molar-refractivity contribution is -0.119. The molecule has 2 heterocycles. The molecule has 1 saturated carbocycles. The van der Waals surface area contributed by atoms with E-state index in [1.165, 1.54) is 5.56 Å². The van der Waals surface area contributed by atoms with E-state index in [-0.39, 0.29) is 5.92 Å². The van der Waals surface area contributed by atoms with Crippen LogP contribution in [0, 0.1) is 5.92 Å². The van der Waals surface area contributed by atoms with Crippen molar-refractivity contribution in [3.05, 3.63) is 84.2 Å². The van der Waals surface area contributed by atoms with E-state index in [0.29, 0.717) is 24.0 Å². The molecule has 4 nitrogen and oxygen atoms in total. The summed E-state index contributed by atoms with van der Waals surface area (Å²) in [6.07, 6.45) is 4.85. The number of hydrogen-bond acceptors (Lipinski definition) is 4. The van der Waals surface area contributed by atoms with Gasteiger partial charge in [-0.25, -0.2) is 4.98 Å². The molecule has 1 aliphatic rings. The van der Waals surface area contributed by atoms with Crippen LogP contribution in [0.3, 0.4) is 0 Å². The average Bonchev–Trinajstić information content (AvgIpc) is 3.41. The standard InChI is InChI=1S/C23H18N2O2/c26-21(19-13-18(19)16-5-2-1-3-6-16)12-15-8-9-22-20(11-15)25-23(27-22)17-7-4-10-24-14-17/h1-11,14,18-19H,12-13H2/t18-,19-/m0/s1. The molecule has 0 radical (unpaired) electrons. The molecule has 27 heavy (non-hydrogen) atoms. The van der Waals surface area contributed by atoms with Crippen molar-refractivity contribution in [2.75, 3.05) is 0 Å². The second-order valence-electron chi connectivity index (χ2n) is 7.07. The number of Topliss-reactive ketones (excluding diaryl/α,β-unsaturated/α-hetero) is 1. The predicted molar refractivity (Wildman–Crippen MR) is 103 cm³/mol. The normalized spacial score (nSPS) is 18.5. The van der Waals surface area contributed by atoms with Crippen LogP contribution in [0.25, 0.3) is 22.6 Å².